The van der Waals surface area contributed by atoms with Crippen LogP contribution in [0.25, 0.3) is 0 Å². The van der Waals surface area contributed by atoms with E-state index in [0.29, 0.717) is 0 Å². The highest BCUT2D eigenvalue weighted by Gasteiger charge is 2.18. The fraction of sp³-hybridized carbons (Fsp3) is 0.227. The average Bonchev–Trinajstić information content (AvgIpc) is 2.68. The Kier molecular flexibility index (Phi) is 6.01. The first-order valence-electron chi connectivity index (χ1n) is 9.06. The van der Waals surface area contributed by atoms with Crippen LogP contribution in [0.2, 0.25) is 0 Å². The minimum atomic E-state index is -0.630. The molecular weight excluding hydrogens is 356 g/mol. The van der Waals surface area contributed by atoms with Crippen molar-refractivity contribution in [2.75, 3.05) is 10.6 Å². The molecule has 1 aromatic heterocycles. The number of rotatable bonds is 7. The Morgan fingerprint density at radius 3 is 1.82 bits per heavy atom. The fourth-order valence-electron chi connectivity index (χ4n) is 2.82. The van der Waals surface area contributed by atoms with Crippen LogP contribution in [0.5, 0.6) is 5.75 Å². The number of hydrogen-bond donors (Lipinski definition) is 4. The molecule has 28 heavy (non-hydrogen) atoms. The molecule has 4 N–H and O–H groups in total. The van der Waals surface area contributed by atoms with Crippen molar-refractivity contribution in [3.05, 3.63) is 87.0 Å². The Labute approximate surface area is 163 Å². The zero-order chi connectivity index (χ0) is 20.1. The summed E-state index contributed by atoms with van der Waals surface area (Å²) in [7, 11) is 0. The summed E-state index contributed by atoms with van der Waals surface area (Å²) in [6.45, 7) is 3.82. The maximum Gasteiger partial charge on any atom is 0.344 e. The molecule has 146 valence electrons. The van der Waals surface area contributed by atoms with Crippen LogP contribution < -0.4 is 16.3 Å². The van der Waals surface area contributed by atoms with Crippen molar-refractivity contribution in [3.63, 3.8) is 0 Å². The van der Waals surface area contributed by atoms with Gasteiger partial charge < -0.3 is 25.3 Å². The average molecular weight is 380 g/mol. The molecule has 0 amide bonds. The molecule has 2 aromatic carbocycles. The molecule has 3 aromatic rings. The Morgan fingerprint density at radius 2 is 1.32 bits per heavy atom. The number of aliphatic hydroxyl groups is 1. The number of anilines is 2. The lowest BCUT2D eigenvalue weighted by Gasteiger charge is -2.14. The lowest BCUT2D eigenvalue weighted by Crippen LogP contribution is -2.17. The smallest absolute Gasteiger partial charge is 0.344 e. The predicted molar refractivity (Wildman–Crippen MR) is 110 cm³/mol. The van der Waals surface area contributed by atoms with E-state index in [1.54, 1.807) is 0 Å². The normalized spacial score (nSPS) is 10.7. The summed E-state index contributed by atoms with van der Waals surface area (Å²) >= 11 is 0. The molecule has 0 aliphatic carbocycles. The number of nitrogens with one attached hydrogen (secondary N) is 2. The van der Waals surface area contributed by atoms with Crippen LogP contribution in [-0.4, -0.2) is 10.2 Å². The largest absolute Gasteiger partial charge is 0.507 e. The second-order valence-electron chi connectivity index (χ2n) is 6.72. The molecule has 6 nitrogen and oxygen atoms in total. The molecule has 0 radical (unpaired) electrons. The highest BCUT2D eigenvalue weighted by molar-refractivity contribution is 5.48. The molecule has 3 rings (SSSR count). The maximum absolute atomic E-state index is 12.4. The van der Waals surface area contributed by atoms with E-state index in [2.05, 4.69) is 10.6 Å². The fourth-order valence-corrected chi connectivity index (χ4v) is 2.82. The van der Waals surface area contributed by atoms with Crippen molar-refractivity contribution >= 4 is 11.4 Å². The standard InChI is InChI=1S/C22H24N2O4/c1-14-3-7-16(8-4-14)23-11-18-21(26)19(13-25)20(28-22(18)27)12-24-17-9-5-15(2)6-10-17/h3-10,23-26H,11-13H2,1-2H3. The number of hydrogen-bond acceptors (Lipinski definition) is 6. The summed E-state index contributed by atoms with van der Waals surface area (Å²) in [5.74, 6) is -0.0243. The van der Waals surface area contributed by atoms with Crippen LogP contribution in [0.3, 0.4) is 0 Å². The summed E-state index contributed by atoms with van der Waals surface area (Å²) in [4.78, 5) is 12.4. The summed E-state index contributed by atoms with van der Waals surface area (Å²) in [6, 6.07) is 15.4. The van der Waals surface area contributed by atoms with Crippen LogP contribution in [-0.2, 0) is 19.7 Å². The quantitative estimate of drug-likeness (QED) is 0.500. The molecular formula is C22H24N2O4. The molecule has 6 heteroatoms. The van der Waals surface area contributed by atoms with Gasteiger partial charge in [-0.3, -0.25) is 0 Å². The molecule has 0 saturated heterocycles. The van der Waals surface area contributed by atoms with Crippen molar-refractivity contribution in [1.29, 1.82) is 0 Å². The van der Waals surface area contributed by atoms with Crippen LogP contribution in [0.15, 0.2) is 57.7 Å². The third-order valence-corrected chi connectivity index (χ3v) is 4.55. The van der Waals surface area contributed by atoms with Crippen molar-refractivity contribution in [2.24, 2.45) is 0 Å². The second kappa shape index (κ2) is 8.63. The van der Waals surface area contributed by atoms with Crippen molar-refractivity contribution in [3.8, 4) is 5.75 Å². The first-order valence-corrected chi connectivity index (χ1v) is 9.06. The van der Waals surface area contributed by atoms with Gasteiger partial charge >= 0.3 is 5.63 Å². The predicted octanol–water partition coefficient (Wildman–Crippen LogP) is 3.68. The zero-order valence-corrected chi connectivity index (χ0v) is 16.0. The van der Waals surface area contributed by atoms with Gasteiger partial charge in [0, 0.05) is 11.4 Å². The highest BCUT2D eigenvalue weighted by Crippen LogP contribution is 2.25. The summed E-state index contributed by atoms with van der Waals surface area (Å²) in [5.41, 5.74) is 3.59. The van der Waals surface area contributed by atoms with Gasteiger partial charge in [-0.1, -0.05) is 35.4 Å². The number of aliphatic hydroxyl groups excluding tert-OH is 1. The first kappa shape index (κ1) is 19.5. The van der Waals surface area contributed by atoms with Crippen LogP contribution in [0.1, 0.15) is 28.0 Å². The molecule has 1 heterocycles. The van der Waals surface area contributed by atoms with Gasteiger partial charge in [-0.2, -0.15) is 0 Å². The topological polar surface area (TPSA) is 94.7 Å². The van der Waals surface area contributed by atoms with E-state index in [0.717, 1.165) is 22.5 Å². The van der Waals surface area contributed by atoms with Gasteiger partial charge in [0.1, 0.15) is 11.5 Å². The minimum absolute atomic E-state index is 0.0868. The molecule has 0 saturated carbocycles. The van der Waals surface area contributed by atoms with Gasteiger partial charge in [-0.05, 0) is 38.1 Å². The molecule has 0 aliphatic rings. The number of aryl methyl sites for hydroxylation is 2. The summed E-state index contributed by atoms with van der Waals surface area (Å²) in [5, 5.41) is 26.4. The number of aromatic hydroxyl groups is 1. The summed E-state index contributed by atoms with van der Waals surface area (Å²) in [6.07, 6.45) is 0. The van der Waals surface area contributed by atoms with E-state index in [1.165, 1.54) is 0 Å². The highest BCUT2D eigenvalue weighted by atomic mass is 16.4. The van der Waals surface area contributed by atoms with Gasteiger partial charge in [0.25, 0.3) is 0 Å². The Bertz CT molecular complexity index is 993. The second-order valence-corrected chi connectivity index (χ2v) is 6.72. The molecule has 0 fully saturated rings. The molecule has 0 spiro atoms. The van der Waals surface area contributed by atoms with Gasteiger partial charge in [-0.15, -0.1) is 0 Å². The molecule has 0 unspecified atom stereocenters. The summed E-state index contributed by atoms with van der Waals surface area (Å²) < 4.78 is 5.39. The van der Waals surface area contributed by atoms with E-state index in [4.69, 9.17) is 4.42 Å². The minimum Gasteiger partial charge on any atom is -0.507 e. The van der Waals surface area contributed by atoms with E-state index in [-0.39, 0.29) is 35.7 Å². The van der Waals surface area contributed by atoms with Gasteiger partial charge in [0.15, 0.2) is 0 Å². The molecule has 0 bridgehead atoms. The van der Waals surface area contributed by atoms with E-state index < -0.39 is 12.2 Å². The molecule has 0 atom stereocenters. The van der Waals surface area contributed by atoms with Crippen molar-refractivity contribution in [1.82, 2.24) is 0 Å². The van der Waals surface area contributed by atoms with Crippen molar-refractivity contribution in [2.45, 2.75) is 33.5 Å². The monoisotopic (exact) mass is 380 g/mol. The van der Waals surface area contributed by atoms with Gasteiger partial charge in [0.05, 0.1) is 30.8 Å². The Balaban J connectivity index is 1.78. The van der Waals surface area contributed by atoms with Crippen LogP contribution in [0.4, 0.5) is 11.4 Å². The van der Waals surface area contributed by atoms with E-state index in [9.17, 15) is 15.0 Å². The lowest BCUT2D eigenvalue weighted by molar-refractivity contribution is 0.264. The SMILES string of the molecule is Cc1ccc(NCc2oc(=O)c(CNc3ccc(C)cc3)c(O)c2CO)cc1. The third-order valence-electron chi connectivity index (χ3n) is 4.55. The third kappa shape index (κ3) is 4.53. The van der Waals surface area contributed by atoms with Crippen LogP contribution >= 0.6 is 0 Å². The molecule has 0 aliphatic heterocycles. The number of benzene rings is 2. The van der Waals surface area contributed by atoms with Crippen LogP contribution in [0, 0.1) is 13.8 Å². The lowest BCUT2D eigenvalue weighted by atomic mass is 10.1. The Hall–Kier alpha value is -3.25. The van der Waals surface area contributed by atoms with Gasteiger partial charge in [-0.25, -0.2) is 4.79 Å². The van der Waals surface area contributed by atoms with E-state index >= 15 is 0 Å². The van der Waals surface area contributed by atoms with Gasteiger partial charge in [0.2, 0.25) is 0 Å². The zero-order valence-electron chi connectivity index (χ0n) is 16.0. The maximum atomic E-state index is 12.4. The Morgan fingerprint density at radius 1 is 0.821 bits per heavy atom. The van der Waals surface area contributed by atoms with E-state index in [1.807, 2.05) is 62.4 Å². The van der Waals surface area contributed by atoms with Crippen molar-refractivity contribution < 1.29 is 14.6 Å². The first-order chi connectivity index (χ1) is 13.5.